The molecule has 1 aliphatic rings. The first-order chi connectivity index (χ1) is 11.9. The number of hydrogen-bond donors (Lipinski definition) is 0. The van der Waals surface area contributed by atoms with Crippen molar-refractivity contribution >= 4 is 5.97 Å². The molecule has 0 spiro atoms. The van der Waals surface area contributed by atoms with Crippen molar-refractivity contribution in [1.29, 1.82) is 0 Å². The summed E-state index contributed by atoms with van der Waals surface area (Å²) in [7, 11) is 0. The summed E-state index contributed by atoms with van der Waals surface area (Å²) in [6.45, 7) is 8.21. The van der Waals surface area contributed by atoms with Crippen molar-refractivity contribution in [3.05, 3.63) is 47.3 Å². The molecule has 1 aromatic heterocycles. The highest BCUT2D eigenvalue weighted by Crippen LogP contribution is 2.67. The second-order valence-corrected chi connectivity index (χ2v) is 7.11. The Morgan fingerprint density at radius 2 is 2.00 bits per heavy atom. The number of hydrogen-bond acceptors (Lipinski definition) is 4. The molecular formula is C19H24FN3O2. The molecular weight excluding hydrogens is 321 g/mol. The highest BCUT2D eigenvalue weighted by Gasteiger charge is 2.66. The van der Waals surface area contributed by atoms with E-state index in [1.807, 2.05) is 13.0 Å². The Labute approximate surface area is 147 Å². The van der Waals surface area contributed by atoms with E-state index in [1.165, 1.54) is 6.07 Å². The van der Waals surface area contributed by atoms with Gasteiger partial charge >= 0.3 is 5.97 Å². The maximum Gasteiger partial charge on any atom is 0.327 e. The Morgan fingerprint density at radius 3 is 2.56 bits per heavy atom. The molecule has 1 heterocycles. The van der Waals surface area contributed by atoms with E-state index in [4.69, 9.17) is 4.74 Å². The minimum absolute atomic E-state index is 0.0115. The molecule has 1 aliphatic carbocycles. The summed E-state index contributed by atoms with van der Waals surface area (Å²) >= 11 is 0. The van der Waals surface area contributed by atoms with Gasteiger partial charge in [0.1, 0.15) is 18.2 Å². The fraction of sp³-hybridized carbons (Fsp3) is 0.526. The lowest BCUT2D eigenvalue weighted by Gasteiger charge is -2.21. The predicted molar refractivity (Wildman–Crippen MR) is 91.6 cm³/mol. The van der Waals surface area contributed by atoms with Crippen molar-refractivity contribution < 1.29 is 13.9 Å². The van der Waals surface area contributed by atoms with E-state index in [9.17, 15) is 9.18 Å². The smallest absolute Gasteiger partial charge is 0.327 e. The molecule has 0 radical (unpaired) electrons. The Balaban J connectivity index is 2.11. The average molecular weight is 345 g/mol. The third-order valence-corrected chi connectivity index (χ3v) is 5.07. The van der Waals surface area contributed by atoms with Crippen molar-refractivity contribution in [2.45, 2.75) is 52.5 Å². The van der Waals surface area contributed by atoms with Crippen LogP contribution in [-0.4, -0.2) is 27.3 Å². The second kappa shape index (κ2) is 6.24. The number of ether oxygens (including phenoxy) is 1. The maximum atomic E-state index is 14.6. The zero-order valence-electron chi connectivity index (χ0n) is 15.2. The number of esters is 1. The van der Waals surface area contributed by atoms with Crippen LogP contribution >= 0.6 is 0 Å². The first-order valence-electron chi connectivity index (χ1n) is 8.70. The van der Waals surface area contributed by atoms with Crippen molar-refractivity contribution in [1.82, 2.24) is 14.8 Å². The van der Waals surface area contributed by atoms with Crippen LogP contribution in [0.4, 0.5) is 4.39 Å². The van der Waals surface area contributed by atoms with Gasteiger partial charge in [-0.1, -0.05) is 39.0 Å². The van der Waals surface area contributed by atoms with Crippen LogP contribution in [0.1, 0.15) is 51.3 Å². The van der Waals surface area contributed by atoms with Crippen LogP contribution in [-0.2, 0) is 27.9 Å². The van der Waals surface area contributed by atoms with Gasteiger partial charge in [0.2, 0.25) is 0 Å². The van der Waals surface area contributed by atoms with E-state index in [0.29, 0.717) is 30.2 Å². The Morgan fingerprint density at radius 1 is 1.32 bits per heavy atom. The maximum absolute atomic E-state index is 14.6. The number of carbonyl (C=O) groups is 1. The Kier molecular flexibility index (Phi) is 4.39. The number of nitrogens with zero attached hydrogens (tertiary/aromatic N) is 3. The van der Waals surface area contributed by atoms with Gasteiger partial charge in [-0.05, 0) is 24.8 Å². The summed E-state index contributed by atoms with van der Waals surface area (Å²) in [5.74, 6) is 0.681. The third-order valence-electron chi connectivity index (χ3n) is 5.07. The molecule has 0 N–H and O–H groups in total. The van der Waals surface area contributed by atoms with Crippen LogP contribution in [0.5, 0.6) is 0 Å². The van der Waals surface area contributed by atoms with Gasteiger partial charge < -0.3 is 4.74 Å². The molecule has 1 saturated carbocycles. The topological polar surface area (TPSA) is 57.0 Å². The van der Waals surface area contributed by atoms with E-state index in [-0.39, 0.29) is 23.7 Å². The fourth-order valence-corrected chi connectivity index (χ4v) is 3.68. The van der Waals surface area contributed by atoms with Crippen LogP contribution in [0.25, 0.3) is 0 Å². The van der Waals surface area contributed by atoms with E-state index in [2.05, 4.69) is 23.9 Å². The zero-order valence-corrected chi connectivity index (χ0v) is 15.2. The molecule has 0 aliphatic heterocycles. The van der Waals surface area contributed by atoms with E-state index in [0.717, 1.165) is 6.42 Å². The molecule has 6 heteroatoms. The summed E-state index contributed by atoms with van der Waals surface area (Å²) < 4.78 is 21.3. The van der Waals surface area contributed by atoms with Gasteiger partial charge in [-0.15, -0.1) is 0 Å². The van der Waals surface area contributed by atoms with Crippen LogP contribution in [0.15, 0.2) is 24.3 Å². The van der Waals surface area contributed by atoms with Crippen LogP contribution in [0.2, 0.25) is 0 Å². The van der Waals surface area contributed by atoms with E-state index in [1.54, 1.807) is 23.7 Å². The Hall–Kier alpha value is -2.24. The van der Waals surface area contributed by atoms with Crippen molar-refractivity contribution in [2.24, 2.45) is 5.41 Å². The summed E-state index contributed by atoms with van der Waals surface area (Å²) in [6.07, 6.45) is 1.40. The number of rotatable bonds is 6. The number of benzene rings is 1. The molecule has 3 rings (SSSR count). The quantitative estimate of drug-likeness (QED) is 0.754. The van der Waals surface area contributed by atoms with Crippen LogP contribution < -0.4 is 0 Å². The number of aryl methyl sites for hydroxylation is 1. The predicted octanol–water partition coefficient (Wildman–Crippen LogP) is 3.26. The van der Waals surface area contributed by atoms with Crippen LogP contribution in [0, 0.1) is 11.2 Å². The molecule has 134 valence electrons. The minimum Gasteiger partial charge on any atom is -0.465 e. The molecule has 0 bridgehead atoms. The lowest BCUT2D eigenvalue weighted by Crippen LogP contribution is -2.26. The van der Waals surface area contributed by atoms with E-state index >= 15 is 0 Å². The number of aromatic nitrogens is 3. The van der Waals surface area contributed by atoms with Gasteiger partial charge in [-0.3, -0.25) is 4.79 Å². The molecule has 1 unspecified atom stereocenters. The van der Waals surface area contributed by atoms with Crippen molar-refractivity contribution in [3.8, 4) is 0 Å². The van der Waals surface area contributed by atoms with Crippen molar-refractivity contribution in [3.63, 3.8) is 0 Å². The SMILES string of the molecule is CCOC(=O)Cn1nc(CC)nc1C1(c2ccccc2F)CC1(C)C. The van der Waals surface area contributed by atoms with Gasteiger partial charge in [0.15, 0.2) is 5.82 Å². The average Bonchev–Trinajstić information content (AvgIpc) is 2.93. The lowest BCUT2D eigenvalue weighted by molar-refractivity contribution is -0.144. The molecule has 2 aromatic rings. The third kappa shape index (κ3) is 2.83. The summed E-state index contributed by atoms with van der Waals surface area (Å²) in [5, 5.41) is 4.46. The van der Waals surface area contributed by atoms with Crippen LogP contribution in [0.3, 0.4) is 0 Å². The second-order valence-electron chi connectivity index (χ2n) is 7.11. The van der Waals surface area contributed by atoms with Gasteiger partial charge in [0.25, 0.3) is 0 Å². The summed E-state index contributed by atoms with van der Waals surface area (Å²) in [4.78, 5) is 16.7. The first-order valence-corrected chi connectivity index (χ1v) is 8.70. The molecule has 0 amide bonds. The number of halogens is 1. The summed E-state index contributed by atoms with van der Waals surface area (Å²) in [5.41, 5.74) is -0.134. The lowest BCUT2D eigenvalue weighted by atomic mass is 9.86. The molecule has 1 atom stereocenters. The van der Waals surface area contributed by atoms with Crippen molar-refractivity contribution in [2.75, 3.05) is 6.61 Å². The first kappa shape index (κ1) is 17.6. The highest BCUT2D eigenvalue weighted by atomic mass is 19.1. The van der Waals surface area contributed by atoms with E-state index < -0.39 is 5.41 Å². The standard InChI is InChI=1S/C19H24FN3O2/c1-5-15-21-17(23(22-15)11-16(24)25-6-2)19(12-18(19,3)4)13-9-7-8-10-14(13)20/h7-10H,5-6,11-12H2,1-4H3. The number of carbonyl (C=O) groups excluding carboxylic acids is 1. The normalized spacial score (nSPS) is 21.2. The van der Waals surface area contributed by atoms with Gasteiger partial charge in [-0.25, -0.2) is 14.1 Å². The van der Waals surface area contributed by atoms with Gasteiger partial charge in [0.05, 0.1) is 12.0 Å². The summed E-state index contributed by atoms with van der Waals surface area (Å²) in [6, 6.07) is 6.79. The highest BCUT2D eigenvalue weighted by molar-refractivity contribution is 5.69. The van der Waals surface area contributed by atoms with Gasteiger partial charge in [0, 0.05) is 12.0 Å². The molecule has 1 fully saturated rings. The molecule has 1 aromatic carbocycles. The molecule has 0 saturated heterocycles. The fourth-order valence-electron chi connectivity index (χ4n) is 3.68. The molecule has 5 nitrogen and oxygen atoms in total. The Bertz CT molecular complexity index is 800. The largest absolute Gasteiger partial charge is 0.465 e. The minimum atomic E-state index is -0.578. The zero-order chi connectivity index (χ0) is 18.2. The van der Waals surface area contributed by atoms with Gasteiger partial charge in [-0.2, -0.15) is 5.10 Å². The monoisotopic (exact) mass is 345 g/mol. The molecule has 25 heavy (non-hydrogen) atoms.